The largest absolute Gasteiger partial charge is 0.496 e. The maximum atomic E-state index is 11.6. The van der Waals surface area contributed by atoms with Crippen LogP contribution >= 0.6 is 0 Å². The van der Waals surface area contributed by atoms with Gasteiger partial charge in [-0.1, -0.05) is 0 Å². The van der Waals surface area contributed by atoms with E-state index in [4.69, 9.17) is 13.7 Å². The van der Waals surface area contributed by atoms with E-state index in [0.29, 0.717) is 28.2 Å². The zero-order chi connectivity index (χ0) is 18.9. The molecule has 0 unspecified atom stereocenters. The van der Waals surface area contributed by atoms with Crippen molar-refractivity contribution < 1.29 is 26.9 Å². The summed E-state index contributed by atoms with van der Waals surface area (Å²) in [5.41, 5.74) is 2.32. The molecular weight excluding hydrogens is 360 g/mol. The molecule has 2 aromatic carbocycles. The first-order valence-electron chi connectivity index (χ1n) is 7.46. The molecule has 1 heterocycles. The number of benzene rings is 2. The molecule has 1 N–H and O–H groups in total. The second kappa shape index (κ2) is 6.68. The van der Waals surface area contributed by atoms with Crippen LogP contribution in [0.5, 0.6) is 11.5 Å². The van der Waals surface area contributed by atoms with Crippen molar-refractivity contribution >= 4 is 27.1 Å². The van der Waals surface area contributed by atoms with Crippen molar-refractivity contribution in [1.82, 2.24) is 9.97 Å². The van der Waals surface area contributed by atoms with Crippen LogP contribution in [0.15, 0.2) is 36.4 Å². The number of ether oxygens (including phenoxy) is 2. The lowest BCUT2D eigenvalue weighted by Crippen LogP contribution is -2.05. The average molecular weight is 376 g/mol. The van der Waals surface area contributed by atoms with Crippen molar-refractivity contribution in [3.63, 3.8) is 0 Å². The van der Waals surface area contributed by atoms with Crippen molar-refractivity contribution in [3.8, 4) is 22.9 Å². The average Bonchev–Trinajstić information content (AvgIpc) is 3.02. The molecule has 0 bridgehead atoms. The number of nitrogens with zero attached hydrogens (tertiary/aromatic N) is 1. The number of carbonyl (C=O) groups is 1. The van der Waals surface area contributed by atoms with Gasteiger partial charge in [-0.05, 0) is 30.3 Å². The third-order valence-electron chi connectivity index (χ3n) is 3.58. The van der Waals surface area contributed by atoms with E-state index in [9.17, 15) is 13.2 Å². The van der Waals surface area contributed by atoms with Crippen LogP contribution in [0.2, 0.25) is 0 Å². The van der Waals surface area contributed by atoms with Gasteiger partial charge in [-0.2, -0.15) is 8.42 Å². The maximum Gasteiger partial charge on any atom is 0.337 e. The number of esters is 1. The molecule has 136 valence electrons. The molecule has 0 spiro atoms. The number of hydrogen-bond acceptors (Lipinski definition) is 7. The van der Waals surface area contributed by atoms with Gasteiger partial charge in [0.05, 0.1) is 42.6 Å². The zero-order valence-electron chi connectivity index (χ0n) is 14.3. The highest BCUT2D eigenvalue weighted by Crippen LogP contribution is 2.33. The van der Waals surface area contributed by atoms with Gasteiger partial charge in [0.15, 0.2) is 0 Å². The van der Waals surface area contributed by atoms with Gasteiger partial charge >= 0.3 is 16.1 Å². The predicted molar refractivity (Wildman–Crippen MR) is 94.9 cm³/mol. The Hall–Kier alpha value is -3.07. The van der Waals surface area contributed by atoms with Crippen molar-refractivity contribution in [3.05, 3.63) is 42.0 Å². The van der Waals surface area contributed by atoms with Gasteiger partial charge in [0.2, 0.25) is 0 Å². The van der Waals surface area contributed by atoms with Crippen LogP contribution in [0.3, 0.4) is 0 Å². The molecule has 26 heavy (non-hydrogen) atoms. The molecule has 3 rings (SSSR count). The second-order valence-corrected chi connectivity index (χ2v) is 7.03. The molecule has 0 aliphatic rings. The van der Waals surface area contributed by atoms with Crippen molar-refractivity contribution in [2.75, 3.05) is 20.5 Å². The molecule has 0 saturated carbocycles. The molecule has 0 radical (unpaired) electrons. The molecule has 0 aliphatic heterocycles. The smallest absolute Gasteiger partial charge is 0.337 e. The molecule has 0 aliphatic carbocycles. The summed E-state index contributed by atoms with van der Waals surface area (Å²) < 4.78 is 37.4. The van der Waals surface area contributed by atoms with Crippen LogP contribution < -0.4 is 8.92 Å². The van der Waals surface area contributed by atoms with Crippen LogP contribution in [-0.4, -0.2) is 44.8 Å². The first kappa shape index (κ1) is 17.7. The van der Waals surface area contributed by atoms with Crippen molar-refractivity contribution in [1.29, 1.82) is 0 Å². The fourth-order valence-electron chi connectivity index (χ4n) is 2.47. The zero-order valence-corrected chi connectivity index (χ0v) is 15.1. The summed E-state index contributed by atoms with van der Waals surface area (Å²) in [5.74, 6) is 0.580. The van der Waals surface area contributed by atoms with E-state index in [-0.39, 0.29) is 5.75 Å². The molecule has 0 saturated heterocycles. The minimum atomic E-state index is -3.64. The predicted octanol–water partition coefficient (Wildman–Crippen LogP) is 2.36. The number of nitrogens with one attached hydrogen (secondary N) is 1. The quantitative estimate of drug-likeness (QED) is 0.538. The van der Waals surface area contributed by atoms with E-state index >= 15 is 0 Å². The Balaban J connectivity index is 2.04. The number of rotatable bonds is 5. The van der Waals surface area contributed by atoms with E-state index < -0.39 is 16.1 Å². The molecule has 1 aromatic heterocycles. The highest BCUT2D eigenvalue weighted by Gasteiger charge is 2.15. The molecule has 3 aromatic rings. The summed E-state index contributed by atoms with van der Waals surface area (Å²) >= 11 is 0. The second-order valence-electron chi connectivity index (χ2n) is 5.46. The third kappa shape index (κ3) is 3.62. The number of imidazole rings is 1. The van der Waals surface area contributed by atoms with Crippen LogP contribution in [-0.2, 0) is 14.9 Å². The molecule has 0 amide bonds. The minimum Gasteiger partial charge on any atom is -0.496 e. The Kier molecular flexibility index (Phi) is 4.56. The van der Waals surface area contributed by atoms with Crippen LogP contribution in [0.4, 0.5) is 0 Å². The Labute approximate surface area is 149 Å². The lowest BCUT2D eigenvalue weighted by molar-refractivity contribution is 0.0601. The van der Waals surface area contributed by atoms with Crippen molar-refractivity contribution in [2.45, 2.75) is 0 Å². The van der Waals surface area contributed by atoms with Crippen LogP contribution in [0.1, 0.15) is 10.4 Å². The van der Waals surface area contributed by atoms with E-state index in [1.807, 2.05) is 0 Å². The van der Waals surface area contributed by atoms with Gasteiger partial charge in [-0.15, -0.1) is 0 Å². The molecular formula is C17H16N2O6S. The minimum absolute atomic E-state index is 0.136. The SMILES string of the molecule is COC(=O)c1ccc2[nH]c(-c3ccc(OS(C)(=O)=O)cc3OC)nc2c1. The number of H-pyrrole nitrogens is 1. The van der Waals surface area contributed by atoms with E-state index in [1.165, 1.54) is 26.4 Å². The van der Waals surface area contributed by atoms with E-state index in [1.54, 1.807) is 24.3 Å². The fraction of sp³-hybridized carbons (Fsp3) is 0.176. The molecule has 0 fully saturated rings. The number of aromatic nitrogens is 2. The summed E-state index contributed by atoms with van der Waals surface area (Å²) in [4.78, 5) is 19.2. The molecule has 9 heteroatoms. The van der Waals surface area contributed by atoms with Gasteiger partial charge in [0.25, 0.3) is 0 Å². The summed E-state index contributed by atoms with van der Waals surface area (Å²) in [7, 11) is -0.866. The Morgan fingerprint density at radius 1 is 1.12 bits per heavy atom. The molecule has 8 nitrogen and oxygen atoms in total. The van der Waals surface area contributed by atoms with Gasteiger partial charge in [0, 0.05) is 6.07 Å². The molecule has 0 atom stereocenters. The number of fused-ring (bicyclic) bond motifs is 1. The maximum absolute atomic E-state index is 11.6. The Morgan fingerprint density at radius 2 is 1.88 bits per heavy atom. The van der Waals surface area contributed by atoms with Crippen LogP contribution in [0.25, 0.3) is 22.4 Å². The first-order chi connectivity index (χ1) is 12.3. The van der Waals surface area contributed by atoms with Crippen molar-refractivity contribution in [2.24, 2.45) is 0 Å². The Bertz CT molecular complexity index is 1090. The summed E-state index contributed by atoms with van der Waals surface area (Å²) in [6.07, 6.45) is 0.964. The number of hydrogen-bond donors (Lipinski definition) is 1. The summed E-state index contributed by atoms with van der Waals surface area (Å²) in [6.45, 7) is 0. The van der Waals surface area contributed by atoms with Gasteiger partial charge in [-0.25, -0.2) is 9.78 Å². The highest BCUT2D eigenvalue weighted by atomic mass is 32.2. The van der Waals surface area contributed by atoms with Crippen LogP contribution in [0, 0.1) is 0 Å². The van der Waals surface area contributed by atoms with Gasteiger partial charge in [0.1, 0.15) is 17.3 Å². The van der Waals surface area contributed by atoms with E-state index in [2.05, 4.69) is 9.97 Å². The van der Waals surface area contributed by atoms with Gasteiger partial charge in [-0.3, -0.25) is 0 Å². The lowest BCUT2D eigenvalue weighted by Gasteiger charge is -2.09. The van der Waals surface area contributed by atoms with Gasteiger partial charge < -0.3 is 18.6 Å². The topological polar surface area (TPSA) is 108 Å². The van der Waals surface area contributed by atoms with E-state index in [0.717, 1.165) is 11.8 Å². The summed E-state index contributed by atoms with van der Waals surface area (Å²) in [5, 5.41) is 0. The standard InChI is InChI=1S/C17H16N2O6S/c1-23-15-9-11(25-26(3,21)22)5-6-12(15)16-18-13-7-4-10(17(20)24-2)8-14(13)19-16/h4-9H,1-3H3,(H,18,19). The first-order valence-corrected chi connectivity index (χ1v) is 9.28. The summed E-state index contributed by atoms with van der Waals surface area (Å²) in [6, 6.07) is 9.59. The monoisotopic (exact) mass is 376 g/mol. The normalized spacial score (nSPS) is 11.3. The Morgan fingerprint density at radius 3 is 2.54 bits per heavy atom. The third-order valence-corrected chi connectivity index (χ3v) is 4.08. The number of aromatic amines is 1. The number of carbonyl (C=O) groups excluding carboxylic acids is 1. The highest BCUT2D eigenvalue weighted by molar-refractivity contribution is 7.86. The number of methoxy groups -OCH3 is 2. The fourth-order valence-corrected chi connectivity index (χ4v) is 2.93. The lowest BCUT2D eigenvalue weighted by atomic mass is 10.2.